The van der Waals surface area contributed by atoms with Crippen LogP contribution in [-0.4, -0.2) is 14.7 Å². The molecule has 0 atom stereocenters. The number of benzene rings is 1. The van der Waals surface area contributed by atoms with Gasteiger partial charge in [-0.15, -0.1) is 0 Å². The third kappa shape index (κ3) is 2.67. The predicted molar refractivity (Wildman–Crippen MR) is 71.3 cm³/mol. The maximum atomic E-state index is 10.8. The largest absolute Gasteiger partial charge is 0.378 e. The molecule has 94 valence electrons. The SMILES string of the molecule is Cn1cc(NCc2cccc([N+](=O)[O-])c2Br)cn1. The van der Waals surface area contributed by atoms with Gasteiger partial charge in [0, 0.05) is 25.9 Å². The molecule has 0 unspecified atom stereocenters. The van der Waals surface area contributed by atoms with E-state index in [-0.39, 0.29) is 5.69 Å². The number of aromatic nitrogens is 2. The van der Waals surface area contributed by atoms with Gasteiger partial charge in [0.25, 0.3) is 5.69 Å². The van der Waals surface area contributed by atoms with Crippen LogP contribution >= 0.6 is 15.9 Å². The van der Waals surface area contributed by atoms with Crippen molar-refractivity contribution in [3.63, 3.8) is 0 Å². The summed E-state index contributed by atoms with van der Waals surface area (Å²) in [5.41, 5.74) is 1.77. The Balaban J connectivity index is 2.14. The molecule has 1 aromatic heterocycles. The van der Waals surface area contributed by atoms with Crippen molar-refractivity contribution < 1.29 is 4.92 Å². The minimum Gasteiger partial charge on any atom is -0.378 e. The Hall–Kier alpha value is -1.89. The van der Waals surface area contributed by atoms with Gasteiger partial charge in [-0.1, -0.05) is 12.1 Å². The lowest BCUT2D eigenvalue weighted by atomic mass is 10.2. The monoisotopic (exact) mass is 310 g/mol. The lowest BCUT2D eigenvalue weighted by Crippen LogP contribution is -2.01. The molecule has 1 aromatic carbocycles. The van der Waals surface area contributed by atoms with E-state index in [0.29, 0.717) is 11.0 Å². The number of rotatable bonds is 4. The number of nitro benzene ring substituents is 1. The molecule has 2 rings (SSSR count). The molecule has 0 fully saturated rings. The van der Waals surface area contributed by atoms with Crippen molar-refractivity contribution in [3.05, 3.63) is 50.7 Å². The molecule has 2 aromatic rings. The van der Waals surface area contributed by atoms with Gasteiger partial charge >= 0.3 is 0 Å². The van der Waals surface area contributed by atoms with Gasteiger partial charge < -0.3 is 5.32 Å². The Morgan fingerprint density at radius 1 is 1.56 bits per heavy atom. The minimum absolute atomic E-state index is 0.0699. The molecule has 0 saturated carbocycles. The first-order valence-corrected chi connectivity index (χ1v) is 6.01. The van der Waals surface area contributed by atoms with Crippen LogP contribution in [0.5, 0.6) is 0 Å². The molecule has 0 spiro atoms. The van der Waals surface area contributed by atoms with Gasteiger partial charge in [0.15, 0.2) is 0 Å². The third-order valence-electron chi connectivity index (χ3n) is 2.44. The van der Waals surface area contributed by atoms with E-state index in [2.05, 4.69) is 26.3 Å². The number of halogens is 1. The summed E-state index contributed by atoms with van der Waals surface area (Å²) < 4.78 is 2.19. The van der Waals surface area contributed by atoms with E-state index in [1.807, 2.05) is 19.3 Å². The average Bonchev–Trinajstić information content (AvgIpc) is 2.73. The highest BCUT2D eigenvalue weighted by Crippen LogP contribution is 2.28. The van der Waals surface area contributed by atoms with E-state index >= 15 is 0 Å². The third-order valence-corrected chi connectivity index (χ3v) is 3.36. The number of aryl methyl sites for hydroxylation is 1. The van der Waals surface area contributed by atoms with Crippen LogP contribution in [0, 0.1) is 10.1 Å². The Morgan fingerprint density at radius 2 is 2.33 bits per heavy atom. The number of hydrogen-bond acceptors (Lipinski definition) is 4. The summed E-state index contributed by atoms with van der Waals surface area (Å²) in [6.45, 7) is 0.494. The standard InChI is InChI=1S/C11H11BrN4O2/c1-15-7-9(6-14-15)13-5-8-3-2-4-10(11(8)12)16(17)18/h2-4,6-7,13H,5H2,1H3. The fourth-order valence-electron chi connectivity index (χ4n) is 1.55. The topological polar surface area (TPSA) is 73.0 Å². The number of nitrogens with zero attached hydrogens (tertiary/aromatic N) is 3. The second-order valence-electron chi connectivity index (χ2n) is 3.76. The lowest BCUT2D eigenvalue weighted by molar-refractivity contribution is -0.385. The molecular weight excluding hydrogens is 300 g/mol. The summed E-state index contributed by atoms with van der Waals surface area (Å²) in [4.78, 5) is 10.4. The maximum absolute atomic E-state index is 10.8. The number of nitro groups is 1. The van der Waals surface area contributed by atoms with Crippen molar-refractivity contribution in [2.45, 2.75) is 6.54 Å². The summed E-state index contributed by atoms with van der Waals surface area (Å²) in [6, 6.07) is 4.97. The van der Waals surface area contributed by atoms with Gasteiger partial charge in [-0.05, 0) is 21.5 Å². The number of hydrogen-bond donors (Lipinski definition) is 1. The van der Waals surface area contributed by atoms with Crippen LogP contribution in [-0.2, 0) is 13.6 Å². The molecule has 1 N–H and O–H groups in total. The van der Waals surface area contributed by atoms with Crippen LogP contribution < -0.4 is 5.32 Å². The van der Waals surface area contributed by atoms with Gasteiger partial charge in [0.2, 0.25) is 0 Å². The van der Waals surface area contributed by atoms with Crippen LogP contribution in [0.1, 0.15) is 5.56 Å². The van der Waals surface area contributed by atoms with Crippen molar-refractivity contribution in [2.75, 3.05) is 5.32 Å². The molecular formula is C11H11BrN4O2. The predicted octanol–water partition coefficient (Wildman–Crippen LogP) is 2.70. The van der Waals surface area contributed by atoms with Crippen molar-refractivity contribution >= 4 is 27.3 Å². The smallest absolute Gasteiger partial charge is 0.283 e. The highest BCUT2D eigenvalue weighted by molar-refractivity contribution is 9.10. The fraction of sp³-hybridized carbons (Fsp3) is 0.182. The average molecular weight is 311 g/mol. The Morgan fingerprint density at radius 3 is 2.94 bits per heavy atom. The Labute approximate surface area is 112 Å². The zero-order valence-electron chi connectivity index (χ0n) is 9.63. The highest BCUT2D eigenvalue weighted by atomic mass is 79.9. The van der Waals surface area contributed by atoms with Crippen molar-refractivity contribution in [1.82, 2.24) is 9.78 Å². The number of nitrogens with one attached hydrogen (secondary N) is 1. The molecule has 0 saturated heterocycles. The summed E-state index contributed by atoms with van der Waals surface area (Å²) in [5, 5.41) is 18.0. The summed E-state index contributed by atoms with van der Waals surface area (Å²) in [5.74, 6) is 0. The molecule has 7 heteroatoms. The first-order valence-electron chi connectivity index (χ1n) is 5.22. The minimum atomic E-state index is -0.405. The van der Waals surface area contributed by atoms with E-state index in [4.69, 9.17) is 0 Å². The van der Waals surface area contributed by atoms with E-state index in [1.54, 1.807) is 16.9 Å². The number of anilines is 1. The van der Waals surface area contributed by atoms with Crippen molar-refractivity contribution in [2.24, 2.45) is 7.05 Å². The van der Waals surface area contributed by atoms with Gasteiger partial charge in [-0.25, -0.2) is 0 Å². The zero-order chi connectivity index (χ0) is 13.1. The molecule has 0 radical (unpaired) electrons. The summed E-state index contributed by atoms with van der Waals surface area (Å²) >= 11 is 3.26. The fourth-order valence-corrected chi connectivity index (χ4v) is 2.10. The van der Waals surface area contributed by atoms with Gasteiger partial charge in [-0.3, -0.25) is 14.8 Å². The van der Waals surface area contributed by atoms with E-state index in [9.17, 15) is 10.1 Å². The Kier molecular flexibility index (Phi) is 3.61. The first kappa shape index (κ1) is 12.6. The van der Waals surface area contributed by atoms with Gasteiger partial charge in [0.1, 0.15) is 4.47 Å². The van der Waals surface area contributed by atoms with E-state index in [1.165, 1.54) is 6.07 Å². The zero-order valence-corrected chi connectivity index (χ0v) is 11.2. The van der Waals surface area contributed by atoms with Crippen LogP contribution in [0.2, 0.25) is 0 Å². The lowest BCUT2D eigenvalue weighted by Gasteiger charge is -2.06. The molecule has 0 aliphatic carbocycles. The normalized spacial score (nSPS) is 10.3. The van der Waals surface area contributed by atoms with Crippen LogP contribution in [0.3, 0.4) is 0 Å². The second-order valence-corrected chi connectivity index (χ2v) is 4.56. The highest BCUT2D eigenvalue weighted by Gasteiger charge is 2.14. The maximum Gasteiger partial charge on any atom is 0.283 e. The summed E-state index contributed by atoms with van der Waals surface area (Å²) in [7, 11) is 1.83. The quantitative estimate of drug-likeness (QED) is 0.696. The van der Waals surface area contributed by atoms with Crippen LogP contribution in [0.15, 0.2) is 35.1 Å². The Bertz CT molecular complexity index is 582. The van der Waals surface area contributed by atoms with Crippen LogP contribution in [0.25, 0.3) is 0 Å². The molecule has 0 amide bonds. The molecule has 0 aliphatic rings. The van der Waals surface area contributed by atoms with E-state index < -0.39 is 4.92 Å². The summed E-state index contributed by atoms with van der Waals surface area (Å²) in [6.07, 6.45) is 3.54. The van der Waals surface area contributed by atoms with Crippen molar-refractivity contribution in [3.8, 4) is 0 Å². The van der Waals surface area contributed by atoms with Crippen molar-refractivity contribution in [1.29, 1.82) is 0 Å². The van der Waals surface area contributed by atoms with Crippen LogP contribution in [0.4, 0.5) is 11.4 Å². The van der Waals surface area contributed by atoms with E-state index in [0.717, 1.165) is 11.3 Å². The first-order chi connectivity index (χ1) is 8.58. The molecule has 1 heterocycles. The van der Waals surface area contributed by atoms with Gasteiger partial charge in [-0.2, -0.15) is 5.10 Å². The molecule has 0 bridgehead atoms. The second kappa shape index (κ2) is 5.18. The molecule has 18 heavy (non-hydrogen) atoms. The van der Waals surface area contributed by atoms with Gasteiger partial charge in [0.05, 0.1) is 16.8 Å². The molecule has 0 aliphatic heterocycles. The molecule has 6 nitrogen and oxygen atoms in total.